The molecular weight excluding hydrogens is 1630 g/mol. The van der Waals surface area contributed by atoms with Crippen LogP contribution in [0.5, 0.6) is 0 Å². The van der Waals surface area contributed by atoms with Gasteiger partial charge in [-0.3, -0.25) is 29.9 Å². The van der Waals surface area contributed by atoms with E-state index in [4.69, 9.17) is 16.6 Å². The van der Waals surface area contributed by atoms with Crippen LogP contribution in [0.15, 0.2) is 237 Å². The average molecular weight is 1800 g/mol. The van der Waals surface area contributed by atoms with E-state index in [1.165, 1.54) is 96.3 Å². The fraction of sp³-hybridized carbons (Fsp3) is 0.557. The number of anilines is 1. The number of benzene rings is 3. The van der Waals surface area contributed by atoms with Crippen molar-refractivity contribution in [3.05, 3.63) is 288 Å². The summed E-state index contributed by atoms with van der Waals surface area (Å²) in [5.41, 5.74) is 2.97. The highest BCUT2D eigenvalue weighted by atomic mass is 35.5. The molecule has 14 rings (SSSR count). The summed E-state index contributed by atoms with van der Waals surface area (Å²) in [5, 5.41) is 53.1. The van der Waals surface area contributed by atoms with E-state index >= 15 is 4.39 Å². The number of aromatic nitrogens is 7. The van der Waals surface area contributed by atoms with Crippen LogP contribution in [0.4, 0.5) is 10.1 Å². The van der Waals surface area contributed by atoms with Crippen LogP contribution in [0.25, 0.3) is 10.9 Å². The molecule has 130 heavy (non-hydrogen) atoms. The number of hydrogen-bond acceptors (Lipinski definition) is 13. The Morgan fingerprint density at radius 3 is 1.08 bits per heavy atom. The second kappa shape index (κ2) is 48.6. The zero-order valence-corrected chi connectivity index (χ0v) is 84.6. The Bertz CT molecular complexity index is 4740. The van der Waals surface area contributed by atoms with Gasteiger partial charge in [0.05, 0.1) is 68.7 Å². The first-order chi connectivity index (χ1) is 60.5. The third-order valence-corrected chi connectivity index (χ3v) is 28.5. The Balaban J connectivity index is 0.000000231. The highest BCUT2D eigenvalue weighted by molar-refractivity contribution is 6.30. The van der Waals surface area contributed by atoms with Crippen LogP contribution in [0.1, 0.15) is 354 Å². The van der Waals surface area contributed by atoms with Crippen molar-refractivity contribution in [1.82, 2.24) is 40.2 Å². The first-order valence-electron chi connectivity index (χ1n) is 48.3. The molecule has 5 atom stereocenters. The van der Waals surface area contributed by atoms with E-state index in [9.17, 15) is 20.4 Å². The molecule has 13 nitrogen and oxygen atoms in total. The number of fused-ring (bicyclic) bond motifs is 1. The van der Waals surface area contributed by atoms with E-state index < -0.39 is 38.9 Å². The monoisotopic (exact) mass is 1790 g/mol. The van der Waals surface area contributed by atoms with Gasteiger partial charge in [-0.05, 0) is 236 Å². The van der Waals surface area contributed by atoms with Crippen LogP contribution in [0, 0.1) is 67.5 Å². The Labute approximate surface area is 791 Å². The Morgan fingerprint density at radius 1 is 0.369 bits per heavy atom. The van der Waals surface area contributed by atoms with Gasteiger partial charge in [-0.25, -0.2) is 9.37 Å². The van der Waals surface area contributed by atoms with Gasteiger partial charge in [0.25, 0.3) is 0 Å². The molecule has 7 heterocycles. The number of hydrogen-bond donors (Lipinski definition) is 6. The highest BCUT2D eigenvalue weighted by Gasteiger charge is 2.53. The highest BCUT2D eigenvalue weighted by Crippen LogP contribution is 2.54. The van der Waals surface area contributed by atoms with Gasteiger partial charge in [-0.15, -0.1) is 0 Å². The zero-order chi connectivity index (χ0) is 95.5. The minimum atomic E-state index is -1.64. The smallest absolute Gasteiger partial charge is 0.196 e. The third kappa shape index (κ3) is 29.2. The van der Waals surface area contributed by atoms with Crippen LogP contribution in [0.3, 0.4) is 0 Å². The normalized spacial score (nSPS) is 16.7. The summed E-state index contributed by atoms with van der Waals surface area (Å²) in [6.07, 6.45) is 32.3. The van der Waals surface area contributed by atoms with Gasteiger partial charge >= 0.3 is 0 Å². The number of pyridine rings is 7. The number of para-hydroxylation sites is 2. The summed E-state index contributed by atoms with van der Waals surface area (Å²) in [7, 11) is 0. The average Bonchev–Trinajstić information content (AvgIpc) is 0.941. The fourth-order valence-corrected chi connectivity index (χ4v) is 19.1. The summed E-state index contributed by atoms with van der Waals surface area (Å²) < 4.78 is 15.3. The Morgan fingerprint density at radius 2 is 0.746 bits per heavy atom. The van der Waals surface area contributed by atoms with Gasteiger partial charge < -0.3 is 31.1 Å². The van der Waals surface area contributed by atoms with Gasteiger partial charge in [0.15, 0.2) is 11.3 Å². The molecule has 3 aromatic carbocycles. The van der Waals surface area contributed by atoms with Crippen molar-refractivity contribution in [2.45, 2.75) is 343 Å². The molecule has 712 valence electrons. The van der Waals surface area contributed by atoms with Crippen LogP contribution in [-0.2, 0) is 16.9 Å². The van der Waals surface area contributed by atoms with E-state index in [2.05, 4.69) is 182 Å². The summed E-state index contributed by atoms with van der Waals surface area (Å²) in [6.45, 7) is 55.8. The topological polar surface area (TPSA) is 195 Å². The lowest BCUT2D eigenvalue weighted by Gasteiger charge is -2.49. The number of nitrogens with one attached hydrogen (secondary N) is 2. The van der Waals surface area contributed by atoms with Crippen molar-refractivity contribution >= 4 is 28.2 Å². The lowest BCUT2D eigenvalue weighted by atomic mass is 9.61. The van der Waals surface area contributed by atoms with E-state index in [0.29, 0.717) is 56.8 Å². The lowest BCUT2D eigenvalue weighted by Crippen LogP contribution is -2.53. The molecule has 7 aromatic heterocycles. The molecule has 5 unspecified atom stereocenters. The molecule has 0 bridgehead atoms. The van der Waals surface area contributed by atoms with Gasteiger partial charge in [0.1, 0.15) is 5.60 Å². The predicted molar refractivity (Wildman–Crippen MR) is 546 cm³/mol. The number of aliphatic hydroxyl groups is 4. The molecule has 4 aliphatic carbocycles. The van der Waals surface area contributed by atoms with E-state index in [1.807, 2.05) is 203 Å². The van der Waals surface area contributed by atoms with Crippen molar-refractivity contribution < 1.29 is 24.8 Å². The minimum absolute atomic E-state index is 0. The maximum atomic E-state index is 15.3. The summed E-state index contributed by atoms with van der Waals surface area (Å²) in [6, 6.07) is 64.6. The van der Waals surface area contributed by atoms with E-state index in [0.717, 1.165) is 64.3 Å². The molecule has 0 radical (unpaired) electrons. The summed E-state index contributed by atoms with van der Waals surface area (Å²) in [4.78, 5) is 30.6. The largest absolute Gasteiger partial charge is 0.389 e. The first-order valence-corrected chi connectivity index (χ1v) is 48.7. The number of nitrogens with zero attached hydrogens (tertiary/aromatic N) is 7. The van der Waals surface area contributed by atoms with Crippen molar-refractivity contribution in [2.24, 2.45) is 67.5 Å². The summed E-state index contributed by atoms with van der Waals surface area (Å²) in [5.74, 6) is 2.77. The number of rotatable bonds is 20. The Hall–Kier alpha value is -8.21. The zero-order valence-electron chi connectivity index (χ0n) is 83.8. The predicted octanol–water partition coefficient (Wildman–Crippen LogP) is 30.1. The molecule has 4 saturated carbocycles. The number of alkyl halides is 1. The van der Waals surface area contributed by atoms with E-state index in [-0.39, 0.29) is 41.0 Å². The quantitative estimate of drug-likeness (QED) is 0.0422. The standard InChI is InChI=1S/C19H20N2O.C16H18ClNO.C16H20N2.C15H28O.C14H15FN2.C13H20N2.C12H24.C9H20O.CH4/c1-18(2,3)19(22,16-10-6-7-13-20-16)17-12-11-14-8-4-5-9-15(14)21-17;1-15(2,3)16(19,14-6-4-5-11-18-14)12-7-9-13(17)10-8-12;1-16(2,3)15(14-11-7-8-12-17-14)18-13-9-5-4-6-10-13;1-14(2,3)15(16,12-8-4-5-9-12)13-10-6-7-11-13;1-11(2)14(15,12-7-3-5-9-16-12)13-8-4-6-10-17-13;1-13(2,3)12(15-10-7-8-10)11-6-4-5-9-14-11;1-5-12(4,10(2)3)11-8-6-7-9-11;1-6-9(10,7-2)8(3,4)5;/h4-13,22H,1-3H3;4-11,19H,1-3H3;4-12,15,18H,1-3H3;12-13,16H,4-11H2,1-3H3;3-11H,1-2H3;4-6,9-10,12,15H,7-8H2,1-3H3;10-11H,5-9H2,1-4H3;10H,6-7H2,1-5H3;1H4. The van der Waals surface area contributed by atoms with Crippen LogP contribution < -0.4 is 10.6 Å². The minimum Gasteiger partial charge on any atom is -0.389 e. The Kier molecular flexibility index (Phi) is 41.3. The fourth-order valence-electron chi connectivity index (χ4n) is 19.0. The van der Waals surface area contributed by atoms with Crippen molar-refractivity contribution in [2.75, 3.05) is 5.32 Å². The third-order valence-electron chi connectivity index (χ3n) is 28.2. The number of halogens is 2. The molecule has 15 heteroatoms. The first kappa shape index (κ1) is 111. The molecule has 4 fully saturated rings. The maximum Gasteiger partial charge on any atom is 0.196 e. The van der Waals surface area contributed by atoms with Gasteiger partial charge in [-0.2, -0.15) is 0 Å². The lowest BCUT2D eigenvalue weighted by molar-refractivity contribution is -0.144. The van der Waals surface area contributed by atoms with Crippen LogP contribution >= 0.6 is 11.6 Å². The molecule has 6 N–H and O–H groups in total. The molecule has 0 amide bonds. The van der Waals surface area contributed by atoms with Crippen LogP contribution in [0.2, 0.25) is 5.02 Å². The molecule has 0 aliphatic heterocycles. The van der Waals surface area contributed by atoms with Crippen molar-refractivity contribution in [1.29, 1.82) is 0 Å². The summed E-state index contributed by atoms with van der Waals surface area (Å²) >= 11 is 5.92. The second-order valence-corrected chi connectivity index (χ2v) is 44.1. The van der Waals surface area contributed by atoms with Crippen molar-refractivity contribution in [3.63, 3.8) is 0 Å². The van der Waals surface area contributed by atoms with E-state index in [1.54, 1.807) is 73.3 Å². The van der Waals surface area contributed by atoms with Gasteiger partial charge in [0.2, 0.25) is 0 Å². The maximum absolute atomic E-state index is 15.3. The molecular formula is C115H169ClFN9O4. The second-order valence-electron chi connectivity index (χ2n) is 43.6. The molecule has 10 aromatic rings. The molecule has 0 spiro atoms. The van der Waals surface area contributed by atoms with Gasteiger partial charge in [-0.1, -0.05) is 335 Å². The van der Waals surface area contributed by atoms with Crippen LogP contribution in [-0.4, -0.2) is 72.6 Å². The van der Waals surface area contributed by atoms with Crippen molar-refractivity contribution in [3.8, 4) is 0 Å². The SMILES string of the molecule is C.CC(C)(C)C(NC1CC1)c1ccccn1.CC(C)(C)C(Nc1ccccc1)c1ccccn1.CC(C)(C)C(O)(C1CCCC1)C1CCCC1.CC(C)(C)C(O)(c1ccc(Cl)cc1)c1ccccn1.CC(C)(C)C(O)(c1ccccn1)c1ccc2ccccc2n1.CC(C)C(F)(c1ccccn1)c1ccccn1.CCC(C)(C(C)C)C1CCCC1.CCC(O)(CC)C(C)(C)C. The molecule has 0 saturated heterocycles. The molecule has 4 aliphatic rings. The van der Waals surface area contributed by atoms with Gasteiger partial charge in [0, 0.05) is 70.1 Å².